The zero-order valence-electron chi connectivity index (χ0n) is 11.4. The van der Waals surface area contributed by atoms with Gasteiger partial charge >= 0.3 is 0 Å². The summed E-state index contributed by atoms with van der Waals surface area (Å²) in [5.74, 6) is 0.0860. The number of hydrogen-bond acceptors (Lipinski definition) is 4. The van der Waals surface area contributed by atoms with Crippen LogP contribution in [0.15, 0.2) is 0 Å². The van der Waals surface area contributed by atoms with Gasteiger partial charge in [-0.3, -0.25) is 4.79 Å². The van der Waals surface area contributed by atoms with E-state index in [-0.39, 0.29) is 17.5 Å². The van der Waals surface area contributed by atoms with Gasteiger partial charge in [-0.15, -0.1) is 0 Å². The molecule has 1 atom stereocenters. The first-order valence-electron chi connectivity index (χ1n) is 6.17. The molecular formula is C12H25N3O2. The molecule has 5 nitrogen and oxygen atoms in total. The predicted molar refractivity (Wildman–Crippen MR) is 68.0 cm³/mol. The lowest BCUT2D eigenvalue weighted by atomic mass is 10.0. The third-order valence-electron chi connectivity index (χ3n) is 3.36. The van der Waals surface area contributed by atoms with E-state index in [1.54, 1.807) is 0 Å². The number of hydrogen-bond donors (Lipinski definition) is 2. The molecule has 0 radical (unpaired) electrons. The minimum absolute atomic E-state index is 0.0217. The minimum Gasteiger partial charge on any atom is -0.378 e. The highest BCUT2D eigenvalue weighted by Crippen LogP contribution is 2.08. The van der Waals surface area contributed by atoms with E-state index in [0.717, 1.165) is 13.2 Å². The molecule has 1 saturated heterocycles. The lowest BCUT2D eigenvalue weighted by Crippen LogP contribution is -2.50. The molecule has 1 rings (SSSR count). The highest BCUT2D eigenvalue weighted by Gasteiger charge is 2.22. The fourth-order valence-electron chi connectivity index (χ4n) is 1.52. The van der Waals surface area contributed by atoms with Crippen molar-refractivity contribution in [3.8, 4) is 0 Å². The van der Waals surface area contributed by atoms with Gasteiger partial charge in [0, 0.05) is 31.1 Å². The van der Waals surface area contributed by atoms with Crippen LogP contribution in [0.3, 0.4) is 0 Å². The van der Waals surface area contributed by atoms with E-state index in [2.05, 4.69) is 29.4 Å². The van der Waals surface area contributed by atoms with E-state index in [1.807, 2.05) is 14.1 Å². The number of carbonyl (C=O) groups excluding carboxylic acids is 1. The summed E-state index contributed by atoms with van der Waals surface area (Å²) < 4.78 is 5.32. The lowest BCUT2D eigenvalue weighted by molar-refractivity contribution is -0.122. The Kier molecular flexibility index (Phi) is 5.36. The highest BCUT2D eigenvalue weighted by atomic mass is 16.5. The van der Waals surface area contributed by atoms with Crippen LogP contribution >= 0.6 is 0 Å². The van der Waals surface area contributed by atoms with Crippen LogP contribution < -0.4 is 10.6 Å². The van der Waals surface area contributed by atoms with Crippen molar-refractivity contribution in [2.45, 2.75) is 31.8 Å². The van der Waals surface area contributed by atoms with Crippen molar-refractivity contribution >= 4 is 5.91 Å². The smallest absolute Gasteiger partial charge is 0.221 e. The van der Waals surface area contributed by atoms with Gasteiger partial charge in [-0.1, -0.05) is 0 Å². The molecule has 100 valence electrons. The average Bonchev–Trinajstić information content (AvgIpc) is 2.28. The first-order valence-corrected chi connectivity index (χ1v) is 6.17. The lowest BCUT2D eigenvalue weighted by Gasteiger charge is -2.33. The number of morpholine rings is 1. The van der Waals surface area contributed by atoms with Gasteiger partial charge in [0.05, 0.1) is 13.2 Å². The Labute approximate surface area is 104 Å². The van der Waals surface area contributed by atoms with Crippen LogP contribution in [0, 0.1) is 0 Å². The first-order chi connectivity index (χ1) is 7.92. The maximum atomic E-state index is 11.8. The van der Waals surface area contributed by atoms with Crippen molar-refractivity contribution in [2.24, 2.45) is 0 Å². The molecule has 1 fully saturated rings. The standard InChI is InChI=1S/C12H25N3O2/c1-12(2,15(3)4)9-14-11(16)7-10-8-17-6-5-13-10/h10,13H,5-9H2,1-4H3,(H,14,16). The molecule has 0 aromatic heterocycles. The topological polar surface area (TPSA) is 53.6 Å². The summed E-state index contributed by atoms with van der Waals surface area (Å²) in [6.45, 7) is 7.08. The second-order valence-electron chi connectivity index (χ2n) is 5.41. The summed E-state index contributed by atoms with van der Waals surface area (Å²) in [4.78, 5) is 13.9. The molecule has 5 heteroatoms. The van der Waals surface area contributed by atoms with E-state index in [1.165, 1.54) is 0 Å². The molecule has 2 N–H and O–H groups in total. The monoisotopic (exact) mass is 243 g/mol. The van der Waals surface area contributed by atoms with E-state index in [9.17, 15) is 4.79 Å². The molecule has 1 aliphatic rings. The molecule has 0 bridgehead atoms. The Hall–Kier alpha value is -0.650. The quantitative estimate of drug-likeness (QED) is 0.703. The maximum Gasteiger partial charge on any atom is 0.221 e. The molecular weight excluding hydrogens is 218 g/mol. The molecule has 0 aromatic carbocycles. The van der Waals surface area contributed by atoms with Crippen molar-refractivity contribution < 1.29 is 9.53 Å². The van der Waals surface area contributed by atoms with Crippen LogP contribution in [-0.2, 0) is 9.53 Å². The van der Waals surface area contributed by atoms with Crippen LogP contribution in [0.25, 0.3) is 0 Å². The fourth-order valence-corrected chi connectivity index (χ4v) is 1.52. The molecule has 0 aromatic rings. The molecule has 1 heterocycles. The Bertz CT molecular complexity index is 248. The number of carbonyl (C=O) groups is 1. The van der Waals surface area contributed by atoms with Gasteiger partial charge in [0.25, 0.3) is 0 Å². The molecule has 0 saturated carbocycles. The van der Waals surface area contributed by atoms with Gasteiger partial charge in [-0.05, 0) is 27.9 Å². The average molecular weight is 243 g/mol. The van der Waals surface area contributed by atoms with E-state index in [0.29, 0.717) is 19.6 Å². The van der Waals surface area contributed by atoms with Crippen molar-refractivity contribution in [3.63, 3.8) is 0 Å². The molecule has 1 unspecified atom stereocenters. The van der Waals surface area contributed by atoms with Gasteiger partial charge in [0.15, 0.2) is 0 Å². The summed E-state index contributed by atoms with van der Waals surface area (Å²) >= 11 is 0. The van der Waals surface area contributed by atoms with Gasteiger partial charge in [-0.25, -0.2) is 0 Å². The minimum atomic E-state index is -0.0217. The summed E-state index contributed by atoms with van der Waals surface area (Å²) in [5.41, 5.74) is -0.0217. The molecule has 0 aliphatic carbocycles. The van der Waals surface area contributed by atoms with Crippen molar-refractivity contribution in [1.82, 2.24) is 15.5 Å². The summed E-state index contributed by atoms with van der Waals surface area (Å²) in [7, 11) is 4.03. The largest absolute Gasteiger partial charge is 0.378 e. The third-order valence-corrected chi connectivity index (χ3v) is 3.36. The van der Waals surface area contributed by atoms with Crippen LogP contribution in [0.2, 0.25) is 0 Å². The summed E-state index contributed by atoms with van der Waals surface area (Å²) in [6.07, 6.45) is 0.490. The Morgan fingerprint density at radius 1 is 1.53 bits per heavy atom. The Morgan fingerprint density at radius 3 is 2.76 bits per heavy atom. The number of nitrogens with zero attached hydrogens (tertiary/aromatic N) is 1. The van der Waals surface area contributed by atoms with Gasteiger partial charge in [0.2, 0.25) is 5.91 Å². The predicted octanol–water partition coefficient (Wildman–Crippen LogP) is -0.179. The third kappa shape index (κ3) is 5.02. The Morgan fingerprint density at radius 2 is 2.24 bits per heavy atom. The van der Waals surface area contributed by atoms with Crippen LogP contribution in [0.1, 0.15) is 20.3 Å². The fraction of sp³-hybridized carbons (Fsp3) is 0.917. The second kappa shape index (κ2) is 6.33. The van der Waals surface area contributed by atoms with Crippen molar-refractivity contribution in [3.05, 3.63) is 0 Å². The molecule has 1 amide bonds. The number of nitrogens with one attached hydrogen (secondary N) is 2. The van der Waals surface area contributed by atoms with E-state index >= 15 is 0 Å². The van der Waals surface area contributed by atoms with E-state index < -0.39 is 0 Å². The van der Waals surface area contributed by atoms with Gasteiger partial charge in [0.1, 0.15) is 0 Å². The second-order valence-corrected chi connectivity index (χ2v) is 5.41. The Balaban J connectivity index is 2.25. The first kappa shape index (κ1) is 14.4. The molecule has 1 aliphatic heterocycles. The van der Waals surface area contributed by atoms with Crippen molar-refractivity contribution in [2.75, 3.05) is 40.4 Å². The summed E-state index contributed by atoms with van der Waals surface area (Å²) in [6, 6.07) is 0.159. The number of likely N-dealkylation sites (N-methyl/N-ethyl adjacent to an activating group) is 1. The normalized spacial score (nSPS) is 21.6. The van der Waals surface area contributed by atoms with Gasteiger partial charge in [-0.2, -0.15) is 0 Å². The molecule has 17 heavy (non-hydrogen) atoms. The zero-order valence-corrected chi connectivity index (χ0v) is 11.4. The number of amides is 1. The number of ether oxygens (including phenoxy) is 1. The summed E-state index contributed by atoms with van der Waals surface area (Å²) in [5, 5.41) is 6.25. The van der Waals surface area contributed by atoms with Crippen LogP contribution in [0.4, 0.5) is 0 Å². The van der Waals surface area contributed by atoms with Gasteiger partial charge < -0.3 is 20.3 Å². The SMILES string of the molecule is CN(C)C(C)(C)CNC(=O)CC1COCCN1. The van der Waals surface area contributed by atoms with Crippen molar-refractivity contribution in [1.29, 1.82) is 0 Å². The van der Waals surface area contributed by atoms with Crippen LogP contribution in [0.5, 0.6) is 0 Å². The maximum absolute atomic E-state index is 11.8. The molecule has 0 spiro atoms. The zero-order chi connectivity index (χ0) is 12.9. The van der Waals surface area contributed by atoms with E-state index in [4.69, 9.17) is 4.74 Å². The number of rotatable bonds is 5. The highest BCUT2D eigenvalue weighted by molar-refractivity contribution is 5.76. The van der Waals surface area contributed by atoms with Crippen LogP contribution in [-0.4, -0.2) is 62.8 Å².